The number of nitrogens with zero attached hydrogens (tertiary/aromatic N) is 1. The van der Waals surface area contributed by atoms with Crippen LogP contribution in [0.3, 0.4) is 0 Å². The molecule has 1 heterocycles. The van der Waals surface area contributed by atoms with Crippen molar-refractivity contribution in [1.82, 2.24) is 0 Å². The third-order valence-corrected chi connectivity index (χ3v) is 5.66. The maximum Gasteiger partial charge on any atom is 0.260 e. The molecule has 1 aliphatic rings. The van der Waals surface area contributed by atoms with Crippen LogP contribution in [0.25, 0.3) is 0 Å². The fourth-order valence-electron chi connectivity index (χ4n) is 3.84. The molecule has 0 aromatic heterocycles. The van der Waals surface area contributed by atoms with Gasteiger partial charge in [0.05, 0.1) is 16.9 Å². The Hall–Kier alpha value is -3.97. The third-order valence-electron chi connectivity index (χ3n) is 5.66. The molecule has 5 N–H and O–H groups in total. The second kappa shape index (κ2) is 11.2. The van der Waals surface area contributed by atoms with Crippen molar-refractivity contribution in [2.75, 3.05) is 23.4 Å². The van der Waals surface area contributed by atoms with E-state index in [9.17, 15) is 20.1 Å². The van der Waals surface area contributed by atoms with Crippen LogP contribution in [0.2, 0.25) is 0 Å². The van der Waals surface area contributed by atoms with E-state index in [1.54, 1.807) is 24.3 Å². The van der Waals surface area contributed by atoms with Crippen LogP contribution in [-0.4, -0.2) is 39.5 Å². The molecule has 7 heteroatoms. The first-order valence-corrected chi connectivity index (χ1v) is 11.1. The molecule has 0 aliphatic carbocycles. The summed E-state index contributed by atoms with van der Waals surface area (Å²) in [6.07, 6.45) is 10.4. The Morgan fingerprint density at radius 1 is 0.971 bits per heavy atom. The lowest BCUT2D eigenvalue weighted by atomic mass is 10.0. The van der Waals surface area contributed by atoms with Crippen LogP contribution < -0.4 is 10.2 Å². The van der Waals surface area contributed by atoms with Gasteiger partial charge < -0.3 is 30.6 Å². The molecule has 1 aliphatic heterocycles. The lowest BCUT2D eigenvalue weighted by Crippen LogP contribution is -2.30. The van der Waals surface area contributed by atoms with E-state index in [1.165, 1.54) is 23.1 Å². The number of para-hydroxylation sites is 1. The third kappa shape index (κ3) is 5.50. The molecule has 2 aromatic carbocycles. The molecule has 34 heavy (non-hydrogen) atoms. The summed E-state index contributed by atoms with van der Waals surface area (Å²) in [5.74, 6) is -0.954. The highest BCUT2D eigenvalue weighted by Gasteiger charge is 2.29. The molecule has 0 fully saturated rings. The Bertz CT molecular complexity index is 1150. The number of nitrogens with one attached hydrogen (secondary N) is 1. The van der Waals surface area contributed by atoms with Crippen LogP contribution in [0.15, 0.2) is 78.9 Å². The predicted molar refractivity (Wildman–Crippen MR) is 135 cm³/mol. The number of hydrogen-bond acceptors (Lipinski definition) is 6. The van der Waals surface area contributed by atoms with Gasteiger partial charge in [-0.05, 0) is 37.8 Å². The number of aliphatic hydroxyl groups is 1. The molecule has 0 atom stereocenters. The Morgan fingerprint density at radius 2 is 1.71 bits per heavy atom. The number of hydrogen-bond donors (Lipinski definition) is 5. The van der Waals surface area contributed by atoms with Crippen LogP contribution in [0.1, 0.15) is 36.0 Å². The molecule has 7 nitrogen and oxygen atoms in total. The molecule has 0 spiro atoms. The maximum atomic E-state index is 13.4. The number of fused-ring (bicyclic) bond motifs is 2. The van der Waals surface area contributed by atoms with E-state index < -0.39 is 0 Å². The largest absolute Gasteiger partial charge is 0.508 e. The van der Waals surface area contributed by atoms with Crippen molar-refractivity contribution >= 4 is 23.0 Å². The topological polar surface area (TPSA) is 113 Å². The highest BCUT2D eigenvalue weighted by molar-refractivity contribution is 6.15. The van der Waals surface area contributed by atoms with Gasteiger partial charge in [0.25, 0.3) is 5.91 Å². The number of amides is 1. The number of rotatable bonds is 10. The van der Waals surface area contributed by atoms with Gasteiger partial charge in [0, 0.05) is 25.3 Å². The molecule has 0 saturated carbocycles. The fourth-order valence-corrected chi connectivity index (χ4v) is 3.84. The minimum absolute atomic E-state index is 0.126. The van der Waals surface area contributed by atoms with Gasteiger partial charge in [-0.15, -0.1) is 0 Å². The van der Waals surface area contributed by atoms with E-state index in [4.69, 9.17) is 5.11 Å². The zero-order valence-electron chi connectivity index (χ0n) is 19.0. The van der Waals surface area contributed by atoms with Crippen molar-refractivity contribution in [2.45, 2.75) is 25.7 Å². The molecule has 0 saturated heterocycles. The van der Waals surface area contributed by atoms with Crippen molar-refractivity contribution in [3.05, 3.63) is 84.5 Å². The van der Waals surface area contributed by atoms with Crippen LogP contribution in [0, 0.1) is 0 Å². The minimum Gasteiger partial charge on any atom is -0.508 e. The molecule has 0 bridgehead atoms. The SMILES string of the molecule is C=C/C(=C\CN1C(=O)c2cccc(O)c2Nc2c(O)cc(O)cc21)CC/C=C(\C=C)CCCO. The van der Waals surface area contributed by atoms with Gasteiger partial charge in [-0.25, -0.2) is 0 Å². The van der Waals surface area contributed by atoms with Crippen molar-refractivity contribution in [3.8, 4) is 17.2 Å². The van der Waals surface area contributed by atoms with Crippen molar-refractivity contribution < 1.29 is 25.2 Å². The van der Waals surface area contributed by atoms with E-state index in [1.807, 2.05) is 6.08 Å². The Morgan fingerprint density at radius 3 is 2.41 bits per heavy atom. The lowest BCUT2D eigenvalue weighted by Gasteiger charge is -2.22. The number of aromatic hydroxyl groups is 3. The molecule has 2 aromatic rings. The number of carbonyl (C=O) groups is 1. The number of allylic oxidation sites excluding steroid dienone is 5. The van der Waals surface area contributed by atoms with Gasteiger partial charge in [-0.3, -0.25) is 4.79 Å². The summed E-state index contributed by atoms with van der Waals surface area (Å²) in [6, 6.07) is 7.18. The molecular weight excluding hydrogens is 432 g/mol. The molecular formula is C27H30N2O5. The number of anilines is 3. The van der Waals surface area contributed by atoms with E-state index in [0.29, 0.717) is 12.8 Å². The monoisotopic (exact) mass is 462 g/mol. The number of phenols is 3. The number of phenolic OH excluding ortho intramolecular Hbond substituents is 3. The standard InChI is InChI=1S/C27H30N2O5/c1-3-18(10-7-15-30)8-5-9-19(4-2)13-14-29-22-16-20(31)17-24(33)26(22)28-25-21(27(29)34)11-6-12-23(25)32/h3-4,6,8,11-13,16-17,28,30-33H,1-2,5,7,9-10,14-15H2/b18-8+,19-13+. The van der Waals surface area contributed by atoms with Gasteiger partial charge in [-0.2, -0.15) is 0 Å². The zero-order chi connectivity index (χ0) is 24.7. The maximum absolute atomic E-state index is 13.4. The van der Waals surface area contributed by atoms with Crippen molar-refractivity contribution in [2.24, 2.45) is 0 Å². The summed E-state index contributed by atoms with van der Waals surface area (Å²) in [5, 5.41) is 42.8. The normalized spacial score (nSPS) is 13.6. The van der Waals surface area contributed by atoms with Gasteiger partial charge in [0.1, 0.15) is 22.9 Å². The highest BCUT2D eigenvalue weighted by Crippen LogP contribution is 2.45. The molecule has 178 valence electrons. The molecule has 0 unspecified atom stereocenters. The van der Waals surface area contributed by atoms with Crippen LogP contribution in [0.4, 0.5) is 17.1 Å². The zero-order valence-corrected chi connectivity index (χ0v) is 19.0. The van der Waals surface area contributed by atoms with Crippen molar-refractivity contribution in [1.29, 1.82) is 0 Å². The number of benzene rings is 2. The minimum atomic E-state index is -0.389. The first-order chi connectivity index (χ1) is 16.4. The summed E-state index contributed by atoms with van der Waals surface area (Å²) in [7, 11) is 0. The number of aliphatic hydroxyl groups excluding tert-OH is 1. The molecule has 1 amide bonds. The first-order valence-electron chi connectivity index (χ1n) is 11.1. The fraction of sp³-hybridized carbons (Fsp3) is 0.222. The van der Waals surface area contributed by atoms with Gasteiger partial charge >= 0.3 is 0 Å². The quantitative estimate of drug-likeness (QED) is 0.186. The Kier molecular flexibility index (Phi) is 8.16. The van der Waals surface area contributed by atoms with Gasteiger partial charge in [-0.1, -0.05) is 54.7 Å². The van der Waals surface area contributed by atoms with Gasteiger partial charge in [0.2, 0.25) is 0 Å². The summed E-state index contributed by atoms with van der Waals surface area (Å²) >= 11 is 0. The smallest absolute Gasteiger partial charge is 0.260 e. The van der Waals surface area contributed by atoms with E-state index in [2.05, 4.69) is 24.6 Å². The first kappa shape index (κ1) is 24.7. The van der Waals surface area contributed by atoms with Crippen molar-refractivity contribution in [3.63, 3.8) is 0 Å². The number of carbonyl (C=O) groups excluding carboxylic acids is 1. The Labute approximate surface area is 199 Å². The average molecular weight is 463 g/mol. The summed E-state index contributed by atoms with van der Waals surface area (Å²) < 4.78 is 0. The lowest BCUT2D eigenvalue weighted by molar-refractivity contribution is 0.0991. The van der Waals surface area contributed by atoms with E-state index in [0.717, 1.165) is 24.0 Å². The van der Waals surface area contributed by atoms with Gasteiger partial charge in [0.15, 0.2) is 0 Å². The Balaban J connectivity index is 1.91. The summed E-state index contributed by atoms with van der Waals surface area (Å²) in [6.45, 7) is 7.99. The summed E-state index contributed by atoms with van der Waals surface area (Å²) in [5.41, 5.74) is 2.93. The second-order valence-electron chi connectivity index (χ2n) is 7.93. The van der Waals surface area contributed by atoms with Crippen LogP contribution in [-0.2, 0) is 0 Å². The van der Waals surface area contributed by atoms with E-state index in [-0.39, 0.29) is 58.9 Å². The van der Waals surface area contributed by atoms with E-state index >= 15 is 0 Å². The van der Waals surface area contributed by atoms with Crippen LogP contribution >= 0.6 is 0 Å². The average Bonchev–Trinajstić information content (AvgIpc) is 2.94. The highest BCUT2D eigenvalue weighted by atomic mass is 16.3. The van der Waals surface area contributed by atoms with Crippen LogP contribution in [0.5, 0.6) is 17.2 Å². The second-order valence-corrected chi connectivity index (χ2v) is 7.93. The molecule has 0 radical (unpaired) electrons. The predicted octanol–water partition coefficient (Wildman–Crippen LogP) is 5.28. The summed E-state index contributed by atoms with van der Waals surface area (Å²) in [4.78, 5) is 14.9. The molecule has 3 rings (SSSR count).